The first-order valence-electron chi connectivity index (χ1n) is 12.2. The Morgan fingerprint density at radius 3 is 2.41 bits per heavy atom. The molecule has 2 heterocycles. The molecule has 1 aliphatic heterocycles. The fourth-order valence-corrected chi connectivity index (χ4v) is 6.12. The van der Waals surface area contributed by atoms with Crippen LogP contribution in [0.25, 0.3) is 0 Å². The number of aromatic nitrogens is 1. The lowest BCUT2D eigenvalue weighted by Gasteiger charge is -2.45. The zero-order valence-corrected chi connectivity index (χ0v) is 22.7. The monoisotopic (exact) mass is 461 g/mol. The lowest BCUT2D eigenvalue weighted by atomic mass is 9.73. The molecule has 3 rings (SSSR count). The van der Waals surface area contributed by atoms with Gasteiger partial charge in [-0.3, -0.25) is 4.98 Å². The van der Waals surface area contributed by atoms with Crippen molar-refractivity contribution in [3.8, 4) is 0 Å². The molecule has 1 atom stereocenters. The van der Waals surface area contributed by atoms with E-state index in [1.165, 1.54) is 0 Å². The van der Waals surface area contributed by atoms with Gasteiger partial charge in [0.25, 0.3) is 0 Å². The van der Waals surface area contributed by atoms with E-state index in [0.717, 1.165) is 48.2 Å². The molecule has 0 bridgehead atoms. The van der Waals surface area contributed by atoms with Crippen LogP contribution in [0.5, 0.6) is 0 Å². The van der Waals surface area contributed by atoms with E-state index >= 15 is 0 Å². The summed E-state index contributed by atoms with van der Waals surface area (Å²) < 4.78 is 18.1. The van der Waals surface area contributed by atoms with Crippen LogP contribution < -0.4 is 0 Å². The summed E-state index contributed by atoms with van der Waals surface area (Å²) in [4.78, 5) is 18.4. The van der Waals surface area contributed by atoms with E-state index in [0.29, 0.717) is 25.4 Å². The van der Waals surface area contributed by atoms with Crippen LogP contribution in [0.3, 0.4) is 0 Å². The molecule has 5 nitrogen and oxygen atoms in total. The van der Waals surface area contributed by atoms with Crippen LogP contribution in [0.2, 0.25) is 18.1 Å². The molecular weight excluding hydrogens is 418 g/mol. The minimum atomic E-state index is -2.01. The van der Waals surface area contributed by atoms with Gasteiger partial charge in [-0.1, -0.05) is 34.6 Å². The van der Waals surface area contributed by atoms with Crippen LogP contribution in [-0.2, 0) is 20.3 Å². The zero-order chi connectivity index (χ0) is 23.9. The van der Waals surface area contributed by atoms with Crippen molar-refractivity contribution in [2.75, 3.05) is 19.8 Å². The van der Waals surface area contributed by atoms with Gasteiger partial charge < -0.3 is 13.9 Å². The normalized spacial score (nSPS) is 21.8. The molecule has 0 unspecified atom stereocenters. The number of fused-ring (bicyclic) bond motifs is 1. The number of nitrogens with zero attached hydrogens (tertiary/aromatic N) is 1. The van der Waals surface area contributed by atoms with Crippen LogP contribution in [0.15, 0.2) is 0 Å². The van der Waals surface area contributed by atoms with Crippen molar-refractivity contribution in [3.63, 3.8) is 0 Å². The highest BCUT2D eigenvalue weighted by Gasteiger charge is 2.44. The molecule has 0 saturated carbocycles. The van der Waals surface area contributed by atoms with E-state index in [9.17, 15) is 4.79 Å². The van der Waals surface area contributed by atoms with Crippen molar-refractivity contribution in [1.82, 2.24) is 4.98 Å². The summed E-state index contributed by atoms with van der Waals surface area (Å²) in [6.07, 6.45) is 3.59. The van der Waals surface area contributed by atoms with E-state index in [-0.39, 0.29) is 28.4 Å². The predicted molar refractivity (Wildman–Crippen MR) is 131 cm³/mol. The number of carbonyl (C=O) groups is 1. The number of esters is 1. The first-order chi connectivity index (χ1) is 14.8. The van der Waals surface area contributed by atoms with E-state index in [1.807, 2.05) is 6.92 Å². The highest BCUT2D eigenvalue weighted by molar-refractivity contribution is 6.74. The highest BCUT2D eigenvalue weighted by Crippen LogP contribution is 2.49. The Morgan fingerprint density at radius 1 is 1.22 bits per heavy atom. The fourth-order valence-electron chi connectivity index (χ4n) is 4.86. The second-order valence-electron chi connectivity index (χ2n) is 11.9. The van der Waals surface area contributed by atoms with Crippen LogP contribution in [0.1, 0.15) is 106 Å². The molecule has 1 aromatic heterocycles. The third-order valence-electron chi connectivity index (χ3n) is 7.64. The first-order valence-corrected chi connectivity index (χ1v) is 15.1. The second kappa shape index (κ2) is 9.19. The summed E-state index contributed by atoms with van der Waals surface area (Å²) in [7, 11) is -2.01. The Balaban J connectivity index is 2.17. The van der Waals surface area contributed by atoms with Gasteiger partial charge in [0.05, 0.1) is 24.0 Å². The third-order valence-corrected chi connectivity index (χ3v) is 12.1. The third kappa shape index (κ3) is 5.12. The maximum Gasteiger partial charge on any atom is 0.340 e. The lowest BCUT2D eigenvalue weighted by Crippen LogP contribution is -2.44. The second-order valence-corrected chi connectivity index (χ2v) is 16.6. The maximum absolute atomic E-state index is 13.2. The minimum Gasteiger partial charge on any atom is -0.462 e. The first kappa shape index (κ1) is 25.4. The molecule has 0 spiro atoms. The Bertz CT molecular complexity index is 850. The molecule has 2 aliphatic rings. The lowest BCUT2D eigenvalue weighted by molar-refractivity contribution is 0.0515. The SMILES string of the molecule is CCOC(=O)c1c(C2CCOCC2)nc2c(c1C)[C@@H](O[Si](C)(C)C(C)(C)C)CC(C)(C)C2. The van der Waals surface area contributed by atoms with Crippen molar-refractivity contribution in [2.45, 2.75) is 104 Å². The highest BCUT2D eigenvalue weighted by atomic mass is 28.4. The van der Waals surface area contributed by atoms with Gasteiger partial charge in [-0.25, -0.2) is 4.79 Å². The van der Waals surface area contributed by atoms with Crippen LogP contribution >= 0.6 is 0 Å². The molecule has 180 valence electrons. The summed E-state index contributed by atoms with van der Waals surface area (Å²) >= 11 is 0. The van der Waals surface area contributed by atoms with E-state index in [1.54, 1.807) is 0 Å². The summed E-state index contributed by atoms with van der Waals surface area (Å²) in [5.74, 6) is -0.0188. The molecule has 1 fully saturated rings. The maximum atomic E-state index is 13.2. The Hall–Kier alpha value is -1.24. The van der Waals surface area contributed by atoms with Gasteiger partial charge in [0.1, 0.15) is 0 Å². The average molecular weight is 462 g/mol. The number of carbonyl (C=O) groups excluding carboxylic acids is 1. The number of hydrogen-bond acceptors (Lipinski definition) is 5. The molecule has 0 radical (unpaired) electrons. The minimum absolute atomic E-state index is 0.0425. The summed E-state index contributed by atoms with van der Waals surface area (Å²) in [5, 5.41) is 0.113. The van der Waals surface area contributed by atoms with Gasteiger partial charge in [0, 0.05) is 30.4 Å². The van der Waals surface area contributed by atoms with Crippen molar-refractivity contribution in [3.05, 3.63) is 28.1 Å². The van der Waals surface area contributed by atoms with Crippen LogP contribution in [-0.4, -0.2) is 39.1 Å². The van der Waals surface area contributed by atoms with Gasteiger partial charge in [0.15, 0.2) is 8.32 Å². The van der Waals surface area contributed by atoms with E-state index in [4.69, 9.17) is 18.9 Å². The van der Waals surface area contributed by atoms with Gasteiger partial charge in [-0.2, -0.15) is 0 Å². The Morgan fingerprint density at radius 2 is 1.84 bits per heavy atom. The molecule has 1 saturated heterocycles. The van der Waals surface area contributed by atoms with Crippen molar-refractivity contribution >= 4 is 14.3 Å². The number of pyridine rings is 1. The molecule has 1 aromatic rings. The molecular formula is C26H43NO4Si. The molecule has 6 heteroatoms. The van der Waals surface area contributed by atoms with Gasteiger partial charge in [0.2, 0.25) is 0 Å². The summed E-state index contributed by atoms with van der Waals surface area (Å²) in [6.45, 7) is 21.8. The van der Waals surface area contributed by atoms with Crippen molar-refractivity contribution < 1.29 is 18.7 Å². The van der Waals surface area contributed by atoms with Crippen molar-refractivity contribution in [2.24, 2.45) is 5.41 Å². The van der Waals surface area contributed by atoms with Crippen LogP contribution in [0.4, 0.5) is 0 Å². The summed E-state index contributed by atoms with van der Waals surface area (Å²) in [5.41, 5.74) is 4.92. The largest absolute Gasteiger partial charge is 0.462 e. The predicted octanol–water partition coefficient (Wildman–Crippen LogP) is 6.50. The van der Waals surface area contributed by atoms with E-state index < -0.39 is 8.32 Å². The number of hydrogen-bond donors (Lipinski definition) is 0. The van der Waals surface area contributed by atoms with Gasteiger partial charge >= 0.3 is 5.97 Å². The standard InChI is InChI=1S/C26H43NO4Si/c1-10-30-24(28)22-17(2)21-19(27-23(22)18-11-13-29-14-12-18)15-26(6,7)16-20(21)31-32(8,9)25(3,4)5/h18,20H,10-16H2,1-9H3/t20-/m0/s1. The average Bonchev–Trinajstić information content (AvgIpc) is 2.66. The molecule has 0 N–H and O–H groups in total. The molecule has 32 heavy (non-hydrogen) atoms. The van der Waals surface area contributed by atoms with Crippen molar-refractivity contribution in [1.29, 1.82) is 0 Å². The Labute approximate surface area is 195 Å². The number of rotatable bonds is 5. The quantitative estimate of drug-likeness (QED) is 0.370. The zero-order valence-electron chi connectivity index (χ0n) is 21.7. The molecule has 1 aliphatic carbocycles. The van der Waals surface area contributed by atoms with Gasteiger partial charge in [-0.15, -0.1) is 0 Å². The fraction of sp³-hybridized carbons (Fsp3) is 0.769. The number of ether oxygens (including phenoxy) is 2. The molecule has 0 aromatic carbocycles. The molecule has 0 amide bonds. The van der Waals surface area contributed by atoms with Crippen LogP contribution in [0, 0.1) is 12.3 Å². The summed E-state index contributed by atoms with van der Waals surface area (Å²) in [6, 6.07) is 0. The van der Waals surface area contributed by atoms with E-state index in [2.05, 4.69) is 54.6 Å². The Kier molecular flexibility index (Phi) is 7.29. The smallest absolute Gasteiger partial charge is 0.340 e. The van der Waals surface area contributed by atoms with Gasteiger partial charge in [-0.05, 0) is 68.6 Å². The topological polar surface area (TPSA) is 57.7 Å².